The molecule has 96 valence electrons. The van der Waals surface area contributed by atoms with E-state index in [0.717, 1.165) is 12.2 Å². The van der Waals surface area contributed by atoms with Crippen molar-refractivity contribution in [1.82, 2.24) is 5.32 Å². The molecule has 0 spiro atoms. The molecule has 0 saturated carbocycles. The van der Waals surface area contributed by atoms with Gasteiger partial charge < -0.3 is 5.32 Å². The minimum atomic E-state index is -0.690. The highest BCUT2D eigenvalue weighted by atomic mass is 32.2. The van der Waals surface area contributed by atoms with Gasteiger partial charge in [-0.1, -0.05) is 24.3 Å². The van der Waals surface area contributed by atoms with E-state index < -0.39 is 10.8 Å². The highest BCUT2D eigenvalue weighted by Crippen LogP contribution is 2.17. The van der Waals surface area contributed by atoms with Gasteiger partial charge in [0.05, 0.1) is 0 Å². The van der Waals surface area contributed by atoms with E-state index in [9.17, 15) is 4.21 Å². The lowest BCUT2D eigenvalue weighted by Crippen LogP contribution is -2.30. The normalized spacial score (nSPS) is 16.5. The molecule has 0 saturated heterocycles. The summed E-state index contributed by atoms with van der Waals surface area (Å²) in [6.07, 6.45) is 2.72. The molecule has 3 heteroatoms. The first-order valence-corrected chi connectivity index (χ1v) is 7.85. The average molecular weight is 253 g/mol. The third-order valence-electron chi connectivity index (χ3n) is 3.03. The van der Waals surface area contributed by atoms with Gasteiger partial charge in [0.2, 0.25) is 0 Å². The molecule has 17 heavy (non-hydrogen) atoms. The summed E-state index contributed by atoms with van der Waals surface area (Å²) in [7, 11) is -0.690. The SMILES string of the molecule is Cc1ccccc1C(C)NC(C)CCS(C)=O. The van der Waals surface area contributed by atoms with E-state index in [1.54, 1.807) is 6.26 Å². The van der Waals surface area contributed by atoms with Gasteiger partial charge in [0.15, 0.2) is 0 Å². The molecule has 0 aliphatic rings. The van der Waals surface area contributed by atoms with Crippen molar-refractivity contribution in [3.8, 4) is 0 Å². The van der Waals surface area contributed by atoms with Crippen molar-refractivity contribution in [3.05, 3.63) is 35.4 Å². The molecule has 1 N–H and O–H groups in total. The Morgan fingerprint density at radius 3 is 2.53 bits per heavy atom. The van der Waals surface area contributed by atoms with E-state index in [-0.39, 0.29) is 0 Å². The Balaban J connectivity index is 2.51. The van der Waals surface area contributed by atoms with Gasteiger partial charge in [0.25, 0.3) is 0 Å². The lowest BCUT2D eigenvalue weighted by Gasteiger charge is -2.21. The van der Waals surface area contributed by atoms with Gasteiger partial charge in [-0.2, -0.15) is 0 Å². The van der Waals surface area contributed by atoms with Crippen LogP contribution in [0.1, 0.15) is 37.4 Å². The summed E-state index contributed by atoms with van der Waals surface area (Å²) in [5.74, 6) is 0.772. The number of aryl methyl sites for hydroxylation is 1. The zero-order chi connectivity index (χ0) is 12.8. The van der Waals surface area contributed by atoms with Crippen LogP contribution in [0.15, 0.2) is 24.3 Å². The van der Waals surface area contributed by atoms with E-state index in [2.05, 4.69) is 50.4 Å². The Morgan fingerprint density at radius 2 is 1.94 bits per heavy atom. The first kappa shape index (κ1) is 14.4. The van der Waals surface area contributed by atoms with E-state index in [1.165, 1.54) is 11.1 Å². The molecule has 0 aromatic heterocycles. The van der Waals surface area contributed by atoms with Gasteiger partial charge in [-0.15, -0.1) is 0 Å². The zero-order valence-electron chi connectivity index (χ0n) is 11.2. The van der Waals surface area contributed by atoms with E-state index in [4.69, 9.17) is 0 Å². The fourth-order valence-corrected chi connectivity index (χ4v) is 2.70. The number of rotatable bonds is 6. The molecule has 2 nitrogen and oxygen atoms in total. The predicted molar refractivity (Wildman–Crippen MR) is 75.7 cm³/mol. The maximum Gasteiger partial charge on any atom is 0.0296 e. The van der Waals surface area contributed by atoms with Crippen LogP contribution >= 0.6 is 0 Å². The molecule has 1 aromatic rings. The Hall–Kier alpha value is -0.670. The molecule has 3 atom stereocenters. The lowest BCUT2D eigenvalue weighted by atomic mass is 10.0. The van der Waals surface area contributed by atoms with Crippen molar-refractivity contribution >= 4 is 10.8 Å². The van der Waals surface area contributed by atoms with Crippen molar-refractivity contribution in [2.24, 2.45) is 0 Å². The highest BCUT2D eigenvalue weighted by molar-refractivity contribution is 7.84. The van der Waals surface area contributed by atoms with Crippen LogP contribution in [-0.4, -0.2) is 22.3 Å². The van der Waals surface area contributed by atoms with Crippen molar-refractivity contribution < 1.29 is 4.21 Å². The first-order valence-electron chi connectivity index (χ1n) is 6.12. The van der Waals surface area contributed by atoms with Crippen LogP contribution in [0.5, 0.6) is 0 Å². The third-order valence-corrected chi connectivity index (χ3v) is 3.84. The second kappa shape index (κ2) is 6.92. The van der Waals surface area contributed by atoms with Gasteiger partial charge >= 0.3 is 0 Å². The fourth-order valence-electron chi connectivity index (χ4n) is 2.02. The summed E-state index contributed by atoms with van der Waals surface area (Å²) in [6.45, 7) is 6.47. The van der Waals surface area contributed by atoms with Crippen LogP contribution in [0.25, 0.3) is 0 Å². The molecule has 0 radical (unpaired) electrons. The molecule has 1 rings (SSSR count). The Morgan fingerprint density at radius 1 is 1.29 bits per heavy atom. The van der Waals surface area contributed by atoms with Gasteiger partial charge in [0, 0.05) is 34.9 Å². The monoisotopic (exact) mass is 253 g/mol. The fraction of sp³-hybridized carbons (Fsp3) is 0.571. The van der Waals surface area contributed by atoms with Crippen LogP contribution in [0.2, 0.25) is 0 Å². The summed E-state index contributed by atoms with van der Waals surface area (Å²) >= 11 is 0. The van der Waals surface area contributed by atoms with Gasteiger partial charge in [-0.25, -0.2) is 0 Å². The highest BCUT2D eigenvalue weighted by Gasteiger charge is 2.11. The second-order valence-corrected chi connectivity index (χ2v) is 6.27. The summed E-state index contributed by atoms with van der Waals surface area (Å²) in [5, 5.41) is 3.56. The third kappa shape index (κ3) is 5.00. The predicted octanol–water partition coefficient (Wildman–Crippen LogP) is 2.80. The van der Waals surface area contributed by atoms with Crippen LogP contribution in [0, 0.1) is 6.92 Å². The summed E-state index contributed by atoms with van der Waals surface area (Å²) < 4.78 is 11.0. The van der Waals surface area contributed by atoms with Crippen LogP contribution in [-0.2, 0) is 10.8 Å². The molecule has 0 amide bonds. The quantitative estimate of drug-likeness (QED) is 0.844. The number of hydrogen-bond acceptors (Lipinski definition) is 2. The minimum Gasteiger partial charge on any atom is -0.308 e. The maximum atomic E-state index is 11.0. The van der Waals surface area contributed by atoms with Crippen molar-refractivity contribution in [2.75, 3.05) is 12.0 Å². The summed E-state index contributed by atoms with van der Waals surface area (Å²) in [4.78, 5) is 0. The number of hydrogen-bond donors (Lipinski definition) is 1. The maximum absolute atomic E-state index is 11.0. The Bertz CT molecular complexity index is 378. The first-order chi connectivity index (χ1) is 8.00. The molecule has 3 unspecified atom stereocenters. The standard InChI is InChI=1S/C14H23NOS/c1-11-7-5-6-8-14(11)13(3)15-12(2)9-10-17(4)16/h5-8,12-13,15H,9-10H2,1-4H3. The summed E-state index contributed by atoms with van der Waals surface area (Å²) in [6, 6.07) is 9.18. The topological polar surface area (TPSA) is 29.1 Å². The van der Waals surface area contributed by atoms with E-state index in [1.807, 2.05) is 0 Å². The molecule has 0 aliphatic carbocycles. The van der Waals surface area contributed by atoms with Crippen molar-refractivity contribution in [3.63, 3.8) is 0 Å². The van der Waals surface area contributed by atoms with E-state index in [0.29, 0.717) is 12.1 Å². The summed E-state index contributed by atoms with van der Waals surface area (Å²) in [5.41, 5.74) is 2.66. The molecule has 0 fully saturated rings. The largest absolute Gasteiger partial charge is 0.308 e. The molecule has 1 aromatic carbocycles. The Labute approximate surface area is 107 Å². The molecule has 0 heterocycles. The molecular weight excluding hydrogens is 230 g/mol. The van der Waals surface area contributed by atoms with Crippen LogP contribution in [0.4, 0.5) is 0 Å². The van der Waals surface area contributed by atoms with E-state index >= 15 is 0 Å². The molecule has 0 aliphatic heterocycles. The smallest absolute Gasteiger partial charge is 0.0296 e. The van der Waals surface area contributed by atoms with Gasteiger partial charge in [-0.3, -0.25) is 4.21 Å². The minimum absolute atomic E-state index is 0.344. The van der Waals surface area contributed by atoms with Crippen molar-refractivity contribution in [1.29, 1.82) is 0 Å². The van der Waals surface area contributed by atoms with Gasteiger partial charge in [-0.05, 0) is 38.3 Å². The van der Waals surface area contributed by atoms with Crippen LogP contribution in [0.3, 0.4) is 0 Å². The second-order valence-electron chi connectivity index (χ2n) is 4.71. The molecular formula is C14H23NOS. The lowest BCUT2D eigenvalue weighted by molar-refractivity contribution is 0.469. The number of nitrogens with one attached hydrogen (secondary N) is 1. The Kier molecular flexibility index (Phi) is 5.86. The van der Waals surface area contributed by atoms with Crippen molar-refractivity contribution in [2.45, 2.75) is 39.3 Å². The zero-order valence-corrected chi connectivity index (χ0v) is 12.0. The number of benzene rings is 1. The van der Waals surface area contributed by atoms with Gasteiger partial charge in [0.1, 0.15) is 0 Å². The average Bonchev–Trinajstić information content (AvgIpc) is 2.26. The molecule has 0 bridgehead atoms. The van der Waals surface area contributed by atoms with Crippen LogP contribution < -0.4 is 5.32 Å².